The Hall–Kier alpha value is -2.37. The third-order valence-corrected chi connectivity index (χ3v) is 5.93. The lowest BCUT2D eigenvalue weighted by molar-refractivity contribution is 0.111. The predicted octanol–water partition coefficient (Wildman–Crippen LogP) is 3.31. The molecule has 3 rings (SSSR count). The van der Waals surface area contributed by atoms with Crippen molar-refractivity contribution in [1.29, 1.82) is 0 Å². The van der Waals surface area contributed by atoms with Crippen molar-refractivity contribution in [3.05, 3.63) is 72.4 Å². The molecule has 0 aromatic heterocycles. The fourth-order valence-corrected chi connectivity index (χ4v) is 4.28. The zero-order chi connectivity index (χ0) is 20.6. The summed E-state index contributed by atoms with van der Waals surface area (Å²) in [5, 5.41) is 13.3. The van der Waals surface area contributed by atoms with Gasteiger partial charge in [-0.3, -0.25) is 4.90 Å². The highest BCUT2D eigenvalue weighted by Crippen LogP contribution is 2.26. The quantitative estimate of drug-likeness (QED) is 0.745. The molecule has 1 aromatic rings. The van der Waals surface area contributed by atoms with Crippen molar-refractivity contribution in [2.45, 2.75) is 31.3 Å². The number of carbonyl (C=O) groups excluding carboxylic acids is 1. The second-order valence-corrected chi connectivity index (χ2v) is 7.98. The van der Waals surface area contributed by atoms with Crippen molar-refractivity contribution in [3.63, 3.8) is 0 Å². The van der Waals surface area contributed by atoms with Crippen LogP contribution in [0.15, 0.2) is 66.8 Å². The molecule has 29 heavy (non-hydrogen) atoms. The first-order valence-corrected chi connectivity index (χ1v) is 10.6. The number of carbonyl (C=O) groups is 1. The Morgan fingerprint density at radius 1 is 1.21 bits per heavy atom. The molecule has 2 heterocycles. The fourth-order valence-electron chi connectivity index (χ4n) is 4.28. The van der Waals surface area contributed by atoms with Gasteiger partial charge in [0, 0.05) is 45.2 Å². The Balaban J connectivity index is 1.45. The lowest BCUT2D eigenvalue weighted by Gasteiger charge is -2.34. The normalized spacial score (nSPS) is 21.6. The van der Waals surface area contributed by atoms with Gasteiger partial charge < -0.3 is 15.3 Å². The summed E-state index contributed by atoms with van der Waals surface area (Å²) in [6.45, 7) is 11.7. The molecule has 5 nitrogen and oxygen atoms in total. The number of piperidine rings is 1. The number of aliphatic hydroxyl groups excluding tert-OH is 1. The van der Waals surface area contributed by atoms with E-state index in [0.29, 0.717) is 12.5 Å². The Morgan fingerprint density at radius 2 is 1.97 bits per heavy atom. The molecule has 0 spiro atoms. The van der Waals surface area contributed by atoms with Crippen LogP contribution in [0.3, 0.4) is 0 Å². The fraction of sp³-hybridized carbons (Fsp3) is 0.458. The zero-order valence-corrected chi connectivity index (χ0v) is 17.2. The minimum atomic E-state index is -0.593. The topological polar surface area (TPSA) is 55.8 Å². The third-order valence-electron chi connectivity index (χ3n) is 5.93. The molecule has 0 saturated carbocycles. The average molecular weight is 396 g/mol. The van der Waals surface area contributed by atoms with Gasteiger partial charge in [0.2, 0.25) is 0 Å². The van der Waals surface area contributed by atoms with E-state index in [1.54, 1.807) is 0 Å². The van der Waals surface area contributed by atoms with E-state index in [2.05, 4.69) is 47.6 Å². The lowest BCUT2D eigenvalue weighted by atomic mass is 9.91. The van der Waals surface area contributed by atoms with Crippen LogP contribution in [-0.2, 0) is 0 Å². The third kappa shape index (κ3) is 5.81. The molecule has 2 N–H and O–H groups in total. The standard InChI is InChI=1S/C24H33N3O2/c1-3-19-12-14-26(16-20(19)4-2)18-23(28)15-25-24(29)27-13-8-11-22(17-27)21-9-6-5-7-10-21/h3-7,9-10,22-23,28H,1-2,8,11-18H2,(H,25,29). The van der Waals surface area contributed by atoms with Crippen LogP contribution in [0.5, 0.6) is 0 Å². The maximum absolute atomic E-state index is 12.6. The number of benzene rings is 1. The van der Waals surface area contributed by atoms with Crippen LogP contribution >= 0.6 is 0 Å². The van der Waals surface area contributed by atoms with Crippen LogP contribution in [0.1, 0.15) is 30.7 Å². The van der Waals surface area contributed by atoms with Crippen LogP contribution in [0.4, 0.5) is 4.79 Å². The molecule has 5 heteroatoms. The van der Waals surface area contributed by atoms with E-state index in [-0.39, 0.29) is 12.6 Å². The number of hydrogen-bond acceptors (Lipinski definition) is 3. The molecule has 156 valence electrons. The maximum Gasteiger partial charge on any atom is 0.317 e. The average Bonchev–Trinajstić information content (AvgIpc) is 2.78. The number of nitrogens with zero attached hydrogens (tertiary/aromatic N) is 2. The largest absolute Gasteiger partial charge is 0.390 e. The Kier molecular flexibility index (Phi) is 7.67. The number of aliphatic hydroxyl groups is 1. The number of likely N-dealkylation sites (tertiary alicyclic amines) is 1. The van der Waals surface area contributed by atoms with Gasteiger partial charge in [-0.25, -0.2) is 4.79 Å². The summed E-state index contributed by atoms with van der Waals surface area (Å²) in [4.78, 5) is 16.7. The van der Waals surface area contributed by atoms with E-state index in [0.717, 1.165) is 45.4 Å². The Labute approximate surface area is 174 Å². The molecular formula is C24H33N3O2. The number of nitrogens with one attached hydrogen (secondary N) is 1. The van der Waals surface area contributed by atoms with Gasteiger partial charge in [-0.15, -0.1) is 0 Å². The van der Waals surface area contributed by atoms with Gasteiger partial charge >= 0.3 is 6.03 Å². The molecule has 1 saturated heterocycles. The second kappa shape index (κ2) is 10.4. The highest BCUT2D eigenvalue weighted by atomic mass is 16.3. The predicted molar refractivity (Wildman–Crippen MR) is 118 cm³/mol. The molecule has 0 radical (unpaired) electrons. The van der Waals surface area contributed by atoms with Gasteiger partial charge in [-0.05, 0) is 36.0 Å². The lowest BCUT2D eigenvalue weighted by Crippen LogP contribution is -2.48. The van der Waals surface area contributed by atoms with Gasteiger partial charge in [0.05, 0.1) is 6.10 Å². The summed E-state index contributed by atoms with van der Waals surface area (Å²) >= 11 is 0. The van der Waals surface area contributed by atoms with Crippen LogP contribution in [0.25, 0.3) is 0 Å². The molecule has 0 bridgehead atoms. The van der Waals surface area contributed by atoms with Crippen LogP contribution < -0.4 is 5.32 Å². The molecule has 0 aliphatic carbocycles. The van der Waals surface area contributed by atoms with Crippen LogP contribution in [-0.4, -0.2) is 66.3 Å². The molecule has 2 aliphatic heterocycles. The van der Waals surface area contributed by atoms with E-state index < -0.39 is 6.10 Å². The van der Waals surface area contributed by atoms with E-state index in [4.69, 9.17) is 0 Å². The molecule has 2 atom stereocenters. The summed E-state index contributed by atoms with van der Waals surface area (Å²) < 4.78 is 0. The van der Waals surface area contributed by atoms with Crippen molar-refractivity contribution in [3.8, 4) is 0 Å². The van der Waals surface area contributed by atoms with Crippen molar-refractivity contribution in [2.75, 3.05) is 39.3 Å². The van der Waals surface area contributed by atoms with Crippen molar-refractivity contribution in [1.82, 2.24) is 15.1 Å². The number of allylic oxidation sites excluding steroid dienone is 1. The molecular weight excluding hydrogens is 362 g/mol. The Morgan fingerprint density at radius 3 is 2.69 bits per heavy atom. The number of β-amino-alcohol motifs (C(OH)–C–C–N with tert-alkyl or cyclic N) is 1. The zero-order valence-electron chi connectivity index (χ0n) is 17.2. The summed E-state index contributed by atoms with van der Waals surface area (Å²) in [7, 11) is 0. The molecule has 1 aromatic carbocycles. The summed E-state index contributed by atoms with van der Waals surface area (Å²) in [6.07, 6.45) is 6.20. The van der Waals surface area contributed by atoms with E-state index in [1.807, 2.05) is 23.1 Å². The van der Waals surface area contributed by atoms with Gasteiger partial charge in [0.25, 0.3) is 0 Å². The number of amides is 2. The minimum Gasteiger partial charge on any atom is -0.390 e. The molecule has 2 amide bonds. The number of rotatable bonds is 7. The maximum atomic E-state index is 12.6. The molecule has 2 aliphatic rings. The highest BCUT2D eigenvalue weighted by Gasteiger charge is 2.25. The second-order valence-electron chi connectivity index (χ2n) is 7.98. The highest BCUT2D eigenvalue weighted by molar-refractivity contribution is 5.74. The first kappa shape index (κ1) is 21.3. The number of urea groups is 1. The van der Waals surface area contributed by atoms with Gasteiger partial charge in [0.15, 0.2) is 0 Å². The van der Waals surface area contributed by atoms with Gasteiger partial charge in [0.1, 0.15) is 0 Å². The summed E-state index contributed by atoms with van der Waals surface area (Å²) in [6, 6.07) is 10.3. The first-order chi connectivity index (χ1) is 14.1. The summed E-state index contributed by atoms with van der Waals surface area (Å²) in [5.41, 5.74) is 3.69. The van der Waals surface area contributed by atoms with E-state index in [9.17, 15) is 9.90 Å². The first-order valence-electron chi connectivity index (χ1n) is 10.6. The van der Waals surface area contributed by atoms with E-state index >= 15 is 0 Å². The van der Waals surface area contributed by atoms with E-state index in [1.165, 1.54) is 16.7 Å². The van der Waals surface area contributed by atoms with Crippen molar-refractivity contribution < 1.29 is 9.90 Å². The monoisotopic (exact) mass is 395 g/mol. The van der Waals surface area contributed by atoms with Crippen LogP contribution in [0, 0.1) is 0 Å². The molecule has 2 unspecified atom stereocenters. The SMILES string of the molecule is C=CC1=C(C=C)CN(CC(O)CNC(=O)N2CCCC(c3ccccc3)C2)CC1. The van der Waals surface area contributed by atoms with Gasteiger partial charge in [-0.1, -0.05) is 55.6 Å². The summed E-state index contributed by atoms with van der Waals surface area (Å²) in [5.74, 6) is 0.386. The number of hydrogen-bond donors (Lipinski definition) is 2. The minimum absolute atomic E-state index is 0.0797. The molecule has 1 fully saturated rings. The Bertz CT molecular complexity index is 744. The van der Waals surface area contributed by atoms with Crippen molar-refractivity contribution >= 4 is 6.03 Å². The smallest absolute Gasteiger partial charge is 0.317 e. The van der Waals surface area contributed by atoms with Gasteiger partial charge in [-0.2, -0.15) is 0 Å². The van der Waals surface area contributed by atoms with Crippen molar-refractivity contribution in [2.24, 2.45) is 0 Å². The van der Waals surface area contributed by atoms with Crippen LogP contribution in [0.2, 0.25) is 0 Å².